The zero-order chi connectivity index (χ0) is 13.2. The number of thioether (sulfide) groups is 1. The Labute approximate surface area is 114 Å². The molecule has 0 saturated carbocycles. The summed E-state index contributed by atoms with van der Waals surface area (Å²) in [7, 11) is 0. The van der Waals surface area contributed by atoms with Gasteiger partial charge in [0.1, 0.15) is 5.82 Å². The third kappa shape index (κ3) is 2.47. The second-order valence-corrected chi connectivity index (χ2v) is 5.21. The first kappa shape index (κ1) is 12.2. The summed E-state index contributed by atoms with van der Waals surface area (Å²) in [5, 5.41) is 9.88. The molecule has 1 aliphatic heterocycles. The van der Waals surface area contributed by atoms with Gasteiger partial charge in [0, 0.05) is 16.9 Å². The first-order valence-corrected chi connectivity index (χ1v) is 6.93. The van der Waals surface area contributed by atoms with Gasteiger partial charge in [-0.15, -0.1) is 11.8 Å². The van der Waals surface area contributed by atoms with Crippen molar-refractivity contribution < 1.29 is 4.79 Å². The summed E-state index contributed by atoms with van der Waals surface area (Å²) in [5.74, 6) is 1.88. The summed E-state index contributed by atoms with van der Waals surface area (Å²) in [6.07, 6.45) is 0.671. The molecule has 0 radical (unpaired) electrons. The molecule has 1 aromatic heterocycles. The van der Waals surface area contributed by atoms with Gasteiger partial charge in [0.2, 0.25) is 5.91 Å². The van der Waals surface area contributed by atoms with Crippen molar-refractivity contribution in [2.45, 2.75) is 11.3 Å². The van der Waals surface area contributed by atoms with E-state index in [1.165, 1.54) is 11.8 Å². The molecule has 1 aliphatic rings. The number of anilines is 1. The predicted molar refractivity (Wildman–Crippen MR) is 73.9 cm³/mol. The Balaban J connectivity index is 1.92. The highest BCUT2D eigenvalue weighted by atomic mass is 32.2. The zero-order valence-electron chi connectivity index (χ0n) is 10.1. The number of fused-ring (bicyclic) bond motifs is 1. The van der Waals surface area contributed by atoms with Crippen LogP contribution >= 0.6 is 11.8 Å². The Morgan fingerprint density at radius 2 is 2.32 bits per heavy atom. The van der Waals surface area contributed by atoms with E-state index in [2.05, 4.69) is 20.5 Å². The lowest BCUT2D eigenvalue weighted by Crippen LogP contribution is -2.18. The number of nitrogens with zero attached hydrogens (tertiary/aromatic N) is 2. The molecule has 2 aromatic rings. The minimum atomic E-state index is 0.0217. The van der Waals surface area contributed by atoms with Crippen molar-refractivity contribution in [2.24, 2.45) is 5.73 Å². The molecule has 0 aliphatic carbocycles. The Morgan fingerprint density at radius 3 is 3.16 bits per heavy atom. The van der Waals surface area contributed by atoms with Crippen LogP contribution in [0, 0.1) is 0 Å². The first-order valence-electron chi connectivity index (χ1n) is 5.94. The summed E-state index contributed by atoms with van der Waals surface area (Å²) in [4.78, 5) is 16.8. The maximum atomic E-state index is 11.4. The van der Waals surface area contributed by atoms with E-state index in [-0.39, 0.29) is 5.91 Å². The minimum absolute atomic E-state index is 0.0217. The van der Waals surface area contributed by atoms with Gasteiger partial charge in [0.15, 0.2) is 5.82 Å². The van der Waals surface area contributed by atoms with E-state index in [4.69, 9.17) is 5.73 Å². The second-order valence-electron chi connectivity index (χ2n) is 4.19. The summed E-state index contributed by atoms with van der Waals surface area (Å²) >= 11 is 1.54. The molecular formula is C12H13N5OS. The lowest BCUT2D eigenvalue weighted by Gasteiger charge is -2.16. The SMILES string of the molecule is NCCc1nc(-c2ccc3c(c2)NC(=O)CS3)n[nH]1. The fraction of sp³-hybridized carbons (Fsp3) is 0.250. The minimum Gasteiger partial charge on any atom is -0.330 e. The van der Waals surface area contributed by atoms with Crippen LogP contribution in [0.3, 0.4) is 0 Å². The number of hydrogen-bond acceptors (Lipinski definition) is 5. The quantitative estimate of drug-likeness (QED) is 0.777. The van der Waals surface area contributed by atoms with E-state index in [9.17, 15) is 4.79 Å². The van der Waals surface area contributed by atoms with Gasteiger partial charge in [-0.2, -0.15) is 5.10 Å². The van der Waals surface area contributed by atoms with E-state index >= 15 is 0 Å². The van der Waals surface area contributed by atoms with E-state index in [1.54, 1.807) is 0 Å². The van der Waals surface area contributed by atoms with Crippen LogP contribution in [0.25, 0.3) is 11.4 Å². The van der Waals surface area contributed by atoms with Crippen LogP contribution in [0.15, 0.2) is 23.1 Å². The van der Waals surface area contributed by atoms with Crippen molar-refractivity contribution in [3.05, 3.63) is 24.0 Å². The summed E-state index contributed by atoms with van der Waals surface area (Å²) in [5.41, 5.74) is 7.18. The molecule has 1 aromatic carbocycles. The molecule has 0 fully saturated rings. The average molecular weight is 275 g/mol. The summed E-state index contributed by atoms with van der Waals surface area (Å²) in [6, 6.07) is 5.83. The van der Waals surface area contributed by atoms with Gasteiger partial charge in [0.25, 0.3) is 0 Å². The first-order chi connectivity index (χ1) is 9.26. The Hall–Kier alpha value is -1.86. The van der Waals surface area contributed by atoms with Crippen molar-refractivity contribution in [2.75, 3.05) is 17.6 Å². The molecule has 4 N–H and O–H groups in total. The highest BCUT2D eigenvalue weighted by Gasteiger charge is 2.16. The van der Waals surface area contributed by atoms with Crippen molar-refractivity contribution in [3.63, 3.8) is 0 Å². The van der Waals surface area contributed by atoms with Crippen molar-refractivity contribution in [1.82, 2.24) is 15.2 Å². The molecule has 1 amide bonds. The largest absolute Gasteiger partial charge is 0.330 e. The second kappa shape index (κ2) is 5.02. The Kier molecular flexibility index (Phi) is 3.22. The molecule has 98 valence electrons. The number of aromatic nitrogens is 3. The van der Waals surface area contributed by atoms with Gasteiger partial charge in [-0.3, -0.25) is 9.89 Å². The molecule has 19 heavy (non-hydrogen) atoms. The number of benzene rings is 1. The van der Waals surface area contributed by atoms with E-state index in [0.29, 0.717) is 24.5 Å². The molecule has 0 bridgehead atoms. The number of H-pyrrole nitrogens is 1. The molecule has 6 nitrogen and oxygen atoms in total. The standard InChI is InChI=1S/C12H13N5OS/c13-4-3-10-15-12(17-16-10)7-1-2-9-8(5-7)14-11(18)6-19-9/h1-2,5H,3-4,6,13H2,(H,14,18)(H,15,16,17). The van der Waals surface area contributed by atoms with Gasteiger partial charge in [0.05, 0.1) is 11.4 Å². The molecule has 3 rings (SSSR count). The topological polar surface area (TPSA) is 96.7 Å². The lowest BCUT2D eigenvalue weighted by atomic mass is 10.2. The van der Waals surface area contributed by atoms with Crippen molar-refractivity contribution in [3.8, 4) is 11.4 Å². The van der Waals surface area contributed by atoms with E-state index < -0.39 is 0 Å². The van der Waals surface area contributed by atoms with Crippen LogP contribution in [0.4, 0.5) is 5.69 Å². The maximum Gasteiger partial charge on any atom is 0.234 e. The molecule has 0 saturated heterocycles. The van der Waals surface area contributed by atoms with Gasteiger partial charge in [-0.05, 0) is 24.7 Å². The normalized spacial score (nSPS) is 14.1. The summed E-state index contributed by atoms with van der Waals surface area (Å²) in [6.45, 7) is 0.533. The van der Waals surface area contributed by atoms with E-state index in [0.717, 1.165) is 22.0 Å². The number of rotatable bonds is 3. The number of carbonyl (C=O) groups excluding carboxylic acids is 1. The fourth-order valence-corrected chi connectivity index (χ4v) is 2.68. The Bertz CT molecular complexity index is 624. The number of amides is 1. The fourth-order valence-electron chi connectivity index (χ4n) is 1.90. The molecular weight excluding hydrogens is 262 g/mol. The number of aromatic amines is 1. The number of nitrogens with one attached hydrogen (secondary N) is 2. The van der Waals surface area contributed by atoms with Crippen LogP contribution in [0.2, 0.25) is 0 Å². The molecule has 0 spiro atoms. The van der Waals surface area contributed by atoms with Crippen LogP contribution in [-0.4, -0.2) is 33.4 Å². The molecule has 0 atom stereocenters. The summed E-state index contributed by atoms with van der Waals surface area (Å²) < 4.78 is 0. The van der Waals surface area contributed by atoms with Crippen LogP contribution in [-0.2, 0) is 11.2 Å². The molecule has 2 heterocycles. The smallest absolute Gasteiger partial charge is 0.234 e. The monoisotopic (exact) mass is 275 g/mol. The van der Waals surface area contributed by atoms with Crippen LogP contribution in [0.5, 0.6) is 0 Å². The van der Waals surface area contributed by atoms with Gasteiger partial charge < -0.3 is 11.1 Å². The third-order valence-electron chi connectivity index (χ3n) is 2.78. The van der Waals surface area contributed by atoms with Gasteiger partial charge in [-0.25, -0.2) is 4.98 Å². The van der Waals surface area contributed by atoms with E-state index in [1.807, 2.05) is 18.2 Å². The van der Waals surface area contributed by atoms with Crippen LogP contribution in [0.1, 0.15) is 5.82 Å². The van der Waals surface area contributed by atoms with Crippen LogP contribution < -0.4 is 11.1 Å². The van der Waals surface area contributed by atoms with Gasteiger partial charge in [-0.1, -0.05) is 0 Å². The highest BCUT2D eigenvalue weighted by Crippen LogP contribution is 2.33. The van der Waals surface area contributed by atoms with Crippen molar-refractivity contribution >= 4 is 23.4 Å². The molecule has 0 unspecified atom stereocenters. The maximum absolute atomic E-state index is 11.4. The van der Waals surface area contributed by atoms with Gasteiger partial charge >= 0.3 is 0 Å². The highest BCUT2D eigenvalue weighted by molar-refractivity contribution is 8.00. The number of hydrogen-bond donors (Lipinski definition) is 3. The number of carbonyl (C=O) groups is 1. The van der Waals surface area contributed by atoms with Crippen molar-refractivity contribution in [1.29, 1.82) is 0 Å². The third-order valence-corrected chi connectivity index (χ3v) is 3.86. The Morgan fingerprint density at radius 1 is 1.42 bits per heavy atom. The lowest BCUT2D eigenvalue weighted by molar-refractivity contribution is -0.113. The molecule has 7 heteroatoms. The predicted octanol–water partition coefficient (Wildman–Crippen LogP) is 1.02. The average Bonchev–Trinajstić information content (AvgIpc) is 2.87. The zero-order valence-corrected chi connectivity index (χ0v) is 11.0. The number of nitrogens with two attached hydrogens (primary N) is 1.